The molecule has 1 aliphatic rings. The van der Waals surface area contributed by atoms with Crippen molar-refractivity contribution in [3.63, 3.8) is 0 Å². The number of hydrogen-bond donors (Lipinski definition) is 0. The summed E-state index contributed by atoms with van der Waals surface area (Å²) in [6, 6.07) is 0.776. The van der Waals surface area contributed by atoms with Gasteiger partial charge >= 0.3 is 6.18 Å². The van der Waals surface area contributed by atoms with Gasteiger partial charge in [-0.3, -0.25) is 9.48 Å². The number of halogens is 3. The first kappa shape index (κ1) is 13.9. The third kappa shape index (κ3) is 2.90. The maximum atomic E-state index is 12.9. The molecule has 19 heavy (non-hydrogen) atoms. The zero-order chi connectivity index (χ0) is 14.2. The second kappa shape index (κ2) is 4.86. The maximum absolute atomic E-state index is 12.9. The molecule has 7 heteroatoms. The fraction of sp³-hybridized carbons (Fsp3) is 0.667. The highest BCUT2D eigenvalue weighted by Crippen LogP contribution is 2.34. The van der Waals surface area contributed by atoms with Crippen molar-refractivity contribution in [1.82, 2.24) is 14.7 Å². The predicted octanol–water partition coefficient (Wildman–Crippen LogP) is 2.39. The Bertz CT molecular complexity index is 473. The number of piperidine rings is 1. The minimum Gasteiger partial charge on any atom is -0.343 e. The van der Waals surface area contributed by atoms with Gasteiger partial charge in [-0.05, 0) is 25.8 Å². The highest BCUT2D eigenvalue weighted by Gasteiger charge is 2.37. The van der Waals surface area contributed by atoms with Crippen LogP contribution in [0.25, 0.3) is 0 Å². The molecule has 0 aliphatic carbocycles. The SMILES string of the molecule is CC(=O)N1CCC(n2nc(C)cc2C(F)(F)F)CC1. The van der Waals surface area contributed by atoms with Crippen LogP contribution < -0.4 is 0 Å². The second-order valence-corrected chi connectivity index (χ2v) is 4.85. The summed E-state index contributed by atoms with van der Waals surface area (Å²) in [5, 5.41) is 3.96. The lowest BCUT2D eigenvalue weighted by Crippen LogP contribution is -2.38. The summed E-state index contributed by atoms with van der Waals surface area (Å²) in [5.41, 5.74) is -0.340. The quantitative estimate of drug-likeness (QED) is 0.789. The number of aryl methyl sites for hydroxylation is 1. The molecule has 4 nitrogen and oxygen atoms in total. The monoisotopic (exact) mass is 275 g/mol. The van der Waals surface area contributed by atoms with Gasteiger partial charge in [0, 0.05) is 20.0 Å². The number of nitrogens with zero attached hydrogens (tertiary/aromatic N) is 3. The molecule has 1 saturated heterocycles. The number of rotatable bonds is 1. The molecule has 0 atom stereocenters. The van der Waals surface area contributed by atoms with Gasteiger partial charge in [-0.15, -0.1) is 0 Å². The molecule has 0 saturated carbocycles. The predicted molar refractivity (Wildman–Crippen MR) is 62.5 cm³/mol. The van der Waals surface area contributed by atoms with Crippen LogP contribution in [0.3, 0.4) is 0 Å². The Morgan fingerprint density at radius 1 is 1.37 bits per heavy atom. The van der Waals surface area contributed by atoms with E-state index in [-0.39, 0.29) is 11.9 Å². The Kier molecular flexibility index (Phi) is 3.56. The molecule has 0 unspecified atom stereocenters. The molecule has 0 aromatic carbocycles. The van der Waals surface area contributed by atoms with Gasteiger partial charge in [0.1, 0.15) is 5.69 Å². The number of hydrogen-bond acceptors (Lipinski definition) is 2. The largest absolute Gasteiger partial charge is 0.433 e. The van der Waals surface area contributed by atoms with Crippen LogP contribution in [-0.4, -0.2) is 33.7 Å². The molecular weight excluding hydrogens is 259 g/mol. The van der Waals surface area contributed by atoms with E-state index in [1.807, 2.05) is 0 Å². The van der Waals surface area contributed by atoms with Crippen molar-refractivity contribution >= 4 is 5.91 Å². The molecule has 0 radical (unpaired) electrons. The van der Waals surface area contributed by atoms with Gasteiger partial charge in [-0.25, -0.2) is 0 Å². The molecule has 1 aliphatic heterocycles. The van der Waals surface area contributed by atoms with Crippen LogP contribution >= 0.6 is 0 Å². The lowest BCUT2D eigenvalue weighted by Gasteiger charge is -2.32. The first-order valence-corrected chi connectivity index (χ1v) is 6.18. The zero-order valence-electron chi connectivity index (χ0n) is 10.9. The molecule has 2 rings (SSSR count). The van der Waals surface area contributed by atoms with Gasteiger partial charge in [0.15, 0.2) is 0 Å². The molecule has 1 aromatic heterocycles. The highest BCUT2D eigenvalue weighted by molar-refractivity contribution is 5.73. The molecule has 0 N–H and O–H groups in total. The van der Waals surface area contributed by atoms with E-state index in [9.17, 15) is 18.0 Å². The number of aromatic nitrogens is 2. The Balaban J connectivity index is 2.18. The van der Waals surface area contributed by atoms with Crippen molar-refractivity contribution in [2.45, 2.75) is 38.9 Å². The second-order valence-electron chi connectivity index (χ2n) is 4.85. The first-order valence-electron chi connectivity index (χ1n) is 6.18. The molecular formula is C12H16F3N3O. The van der Waals surface area contributed by atoms with Crippen LogP contribution in [0.15, 0.2) is 6.07 Å². The van der Waals surface area contributed by atoms with Gasteiger partial charge < -0.3 is 4.90 Å². The Morgan fingerprint density at radius 3 is 2.42 bits per heavy atom. The minimum atomic E-state index is -4.39. The molecule has 0 spiro atoms. The van der Waals surface area contributed by atoms with E-state index in [1.165, 1.54) is 6.92 Å². The van der Waals surface area contributed by atoms with Gasteiger partial charge in [0.2, 0.25) is 5.91 Å². The Labute approximate surface area is 109 Å². The van der Waals surface area contributed by atoms with Crippen LogP contribution in [0.5, 0.6) is 0 Å². The van der Waals surface area contributed by atoms with Gasteiger partial charge in [0.25, 0.3) is 0 Å². The van der Waals surface area contributed by atoms with Crippen molar-refractivity contribution < 1.29 is 18.0 Å². The molecule has 106 valence electrons. The average Bonchev–Trinajstić information content (AvgIpc) is 2.71. The highest BCUT2D eigenvalue weighted by atomic mass is 19.4. The summed E-state index contributed by atoms with van der Waals surface area (Å²) >= 11 is 0. The minimum absolute atomic E-state index is 0.0360. The van der Waals surface area contributed by atoms with Gasteiger partial charge in [-0.2, -0.15) is 18.3 Å². The summed E-state index contributed by atoms with van der Waals surface area (Å²) in [7, 11) is 0. The molecule has 1 aromatic rings. The van der Waals surface area contributed by atoms with E-state index >= 15 is 0 Å². The molecule has 1 amide bonds. The fourth-order valence-corrected chi connectivity index (χ4v) is 2.43. The summed E-state index contributed by atoms with van der Waals surface area (Å²) in [5.74, 6) is -0.0360. The lowest BCUT2D eigenvalue weighted by molar-refractivity contribution is -0.146. The van der Waals surface area contributed by atoms with Gasteiger partial charge in [0.05, 0.1) is 11.7 Å². The summed E-state index contributed by atoms with van der Waals surface area (Å²) < 4.78 is 39.8. The summed E-state index contributed by atoms with van der Waals surface area (Å²) in [6.45, 7) is 3.99. The Hall–Kier alpha value is -1.53. The van der Waals surface area contributed by atoms with E-state index in [0.717, 1.165) is 10.7 Å². The molecule has 2 heterocycles. The summed E-state index contributed by atoms with van der Waals surface area (Å²) in [6.07, 6.45) is -3.38. The van der Waals surface area contributed by atoms with Gasteiger partial charge in [-0.1, -0.05) is 0 Å². The topological polar surface area (TPSA) is 38.1 Å². The van der Waals surface area contributed by atoms with E-state index in [0.29, 0.717) is 31.6 Å². The average molecular weight is 275 g/mol. The van der Waals surface area contributed by atoms with Crippen molar-refractivity contribution in [3.8, 4) is 0 Å². The fourth-order valence-electron chi connectivity index (χ4n) is 2.43. The van der Waals surface area contributed by atoms with E-state index in [4.69, 9.17) is 0 Å². The molecule has 0 bridgehead atoms. The van der Waals surface area contributed by atoms with Crippen molar-refractivity contribution in [1.29, 1.82) is 0 Å². The summed E-state index contributed by atoms with van der Waals surface area (Å²) in [4.78, 5) is 12.8. The van der Waals surface area contributed by atoms with Crippen LogP contribution in [-0.2, 0) is 11.0 Å². The van der Waals surface area contributed by atoms with E-state index < -0.39 is 11.9 Å². The van der Waals surface area contributed by atoms with Crippen LogP contribution in [0, 0.1) is 6.92 Å². The van der Waals surface area contributed by atoms with Crippen LogP contribution in [0.1, 0.15) is 37.2 Å². The van der Waals surface area contributed by atoms with Crippen LogP contribution in [0.4, 0.5) is 13.2 Å². The van der Waals surface area contributed by atoms with Crippen molar-refractivity contribution in [2.75, 3.05) is 13.1 Å². The third-order valence-electron chi connectivity index (χ3n) is 3.40. The third-order valence-corrected chi connectivity index (χ3v) is 3.40. The van der Waals surface area contributed by atoms with Crippen molar-refractivity contribution in [3.05, 3.63) is 17.5 Å². The number of amides is 1. The smallest absolute Gasteiger partial charge is 0.343 e. The normalized spacial score (nSPS) is 17.8. The Morgan fingerprint density at radius 2 is 1.95 bits per heavy atom. The zero-order valence-corrected chi connectivity index (χ0v) is 10.9. The number of carbonyl (C=O) groups is 1. The van der Waals surface area contributed by atoms with E-state index in [2.05, 4.69) is 5.10 Å². The number of carbonyl (C=O) groups excluding carboxylic acids is 1. The maximum Gasteiger partial charge on any atom is 0.433 e. The van der Waals surface area contributed by atoms with Crippen LogP contribution in [0.2, 0.25) is 0 Å². The lowest BCUT2D eigenvalue weighted by atomic mass is 10.0. The number of alkyl halides is 3. The standard InChI is InChI=1S/C12H16F3N3O/c1-8-7-11(12(13,14)15)18(16-8)10-3-5-17(6-4-10)9(2)19/h7,10H,3-6H2,1-2H3. The van der Waals surface area contributed by atoms with E-state index in [1.54, 1.807) is 11.8 Å². The first-order chi connectivity index (χ1) is 8.79. The van der Waals surface area contributed by atoms with Crippen molar-refractivity contribution in [2.24, 2.45) is 0 Å². The molecule has 1 fully saturated rings. The number of likely N-dealkylation sites (tertiary alicyclic amines) is 1.